The molecule has 1 aliphatic carbocycles. The Hall–Kier alpha value is -2.41. The number of rotatable bonds is 4. The number of nitrogens with zero attached hydrogens (tertiary/aromatic N) is 3. The van der Waals surface area contributed by atoms with E-state index in [1.54, 1.807) is 0 Å². The lowest BCUT2D eigenvalue weighted by atomic mass is 9.82. The Labute approximate surface area is 197 Å². The summed E-state index contributed by atoms with van der Waals surface area (Å²) in [5.74, 6) is -0.334. The van der Waals surface area contributed by atoms with Crippen LogP contribution in [-0.4, -0.2) is 76.4 Å². The quantitative estimate of drug-likeness (QED) is 0.730. The van der Waals surface area contributed by atoms with Gasteiger partial charge in [0.15, 0.2) is 0 Å². The Kier molecular flexibility index (Phi) is 6.16. The highest BCUT2D eigenvalue weighted by Gasteiger charge is 2.45. The highest BCUT2D eigenvalue weighted by Crippen LogP contribution is 2.40. The number of quaternary nitrogens is 1. The summed E-state index contributed by atoms with van der Waals surface area (Å²) >= 11 is 0. The third-order valence-corrected chi connectivity index (χ3v) is 8.27. The molecule has 0 unspecified atom stereocenters. The zero-order chi connectivity index (χ0) is 23.0. The number of amides is 1. The molecule has 1 atom stereocenters. The Morgan fingerprint density at radius 3 is 2.48 bits per heavy atom. The van der Waals surface area contributed by atoms with Crippen molar-refractivity contribution in [3.05, 3.63) is 58.7 Å². The van der Waals surface area contributed by atoms with Crippen molar-refractivity contribution in [3.63, 3.8) is 0 Å². The average molecular weight is 450 g/mol. The van der Waals surface area contributed by atoms with E-state index in [4.69, 9.17) is 10.5 Å². The van der Waals surface area contributed by atoms with Gasteiger partial charge in [-0.2, -0.15) is 0 Å². The molecule has 2 aliphatic heterocycles. The molecule has 2 saturated heterocycles. The van der Waals surface area contributed by atoms with Crippen molar-refractivity contribution in [2.24, 2.45) is 5.73 Å². The lowest BCUT2D eigenvalue weighted by molar-refractivity contribution is 0.0171. The second kappa shape index (κ2) is 9.09. The first kappa shape index (κ1) is 22.4. The first-order valence-corrected chi connectivity index (χ1v) is 12.4. The number of carbonyl (C=O) groups excluding carboxylic acids is 1. The highest BCUT2D eigenvalue weighted by atomic mass is 16.5. The molecule has 33 heavy (non-hydrogen) atoms. The molecule has 2 fully saturated rings. The van der Waals surface area contributed by atoms with Crippen LogP contribution in [0.1, 0.15) is 33.5 Å². The van der Waals surface area contributed by atoms with Crippen LogP contribution in [0.25, 0.3) is 0 Å². The van der Waals surface area contributed by atoms with E-state index in [1.807, 2.05) is 18.2 Å². The number of morpholine rings is 1. The van der Waals surface area contributed by atoms with Crippen LogP contribution in [-0.2, 0) is 17.6 Å². The summed E-state index contributed by atoms with van der Waals surface area (Å²) in [6, 6.07) is 13.1. The second-order valence-electron chi connectivity index (χ2n) is 10.0. The molecule has 176 valence electrons. The Bertz CT molecular complexity index is 1020. The number of carbonyl (C=O) groups is 1. The molecule has 2 aromatic carbocycles. The molecular weight excluding hydrogens is 412 g/mol. The number of aryl methyl sites for hydroxylation is 1. The van der Waals surface area contributed by atoms with Gasteiger partial charge in [0.1, 0.15) is 18.8 Å². The fourth-order valence-corrected chi connectivity index (χ4v) is 6.33. The van der Waals surface area contributed by atoms with E-state index >= 15 is 0 Å². The Balaban J connectivity index is 1.55. The van der Waals surface area contributed by atoms with Crippen LogP contribution in [0.4, 0.5) is 11.4 Å². The third kappa shape index (κ3) is 4.05. The van der Waals surface area contributed by atoms with Gasteiger partial charge in [0, 0.05) is 44.7 Å². The number of hydrogen-bond acceptors (Lipinski definition) is 4. The van der Waals surface area contributed by atoms with Crippen molar-refractivity contribution < 1.29 is 9.53 Å². The summed E-state index contributed by atoms with van der Waals surface area (Å²) < 4.78 is 6.61. The summed E-state index contributed by atoms with van der Waals surface area (Å²) in [5.41, 5.74) is 13.5. The largest absolute Gasteiger partial charge is 0.370 e. The molecule has 0 aromatic heterocycles. The van der Waals surface area contributed by atoms with Crippen molar-refractivity contribution in [3.8, 4) is 0 Å². The van der Waals surface area contributed by atoms with Gasteiger partial charge in [0.05, 0.1) is 24.8 Å². The van der Waals surface area contributed by atoms with Gasteiger partial charge in [-0.05, 0) is 55.3 Å². The number of para-hydroxylation sites is 1. The van der Waals surface area contributed by atoms with Crippen molar-refractivity contribution in [2.45, 2.75) is 32.2 Å². The molecule has 0 radical (unpaired) electrons. The van der Waals surface area contributed by atoms with Gasteiger partial charge in [0.25, 0.3) is 5.91 Å². The second-order valence-corrected chi connectivity index (χ2v) is 10.0. The minimum Gasteiger partial charge on any atom is -0.370 e. The Morgan fingerprint density at radius 2 is 1.76 bits per heavy atom. The monoisotopic (exact) mass is 449 g/mol. The lowest BCUT2D eigenvalue weighted by Gasteiger charge is -2.49. The number of nitrogens with two attached hydrogens (primary N) is 1. The molecule has 0 bridgehead atoms. The van der Waals surface area contributed by atoms with Gasteiger partial charge in [-0.15, -0.1) is 0 Å². The van der Waals surface area contributed by atoms with Gasteiger partial charge in [-0.1, -0.05) is 18.2 Å². The van der Waals surface area contributed by atoms with Crippen LogP contribution in [0.5, 0.6) is 0 Å². The normalized spacial score (nSPS) is 23.2. The van der Waals surface area contributed by atoms with E-state index in [9.17, 15) is 4.79 Å². The van der Waals surface area contributed by atoms with E-state index in [0.717, 1.165) is 81.9 Å². The van der Waals surface area contributed by atoms with Crippen LogP contribution in [0.3, 0.4) is 0 Å². The van der Waals surface area contributed by atoms with Gasteiger partial charge in [0.2, 0.25) is 0 Å². The smallest absolute Gasteiger partial charge is 0.254 e. The lowest BCUT2D eigenvalue weighted by Crippen LogP contribution is -2.64. The van der Waals surface area contributed by atoms with Crippen LogP contribution < -0.4 is 15.1 Å². The minimum absolute atomic E-state index is 0.334. The number of ether oxygens (including phenoxy) is 1. The Morgan fingerprint density at radius 1 is 1.03 bits per heavy atom. The van der Waals surface area contributed by atoms with Crippen molar-refractivity contribution in [1.29, 1.82) is 0 Å². The van der Waals surface area contributed by atoms with E-state index < -0.39 is 0 Å². The third-order valence-electron chi connectivity index (χ3n) is 8.27. The number of piperazine rings is 1. The summed E-state index contributed by atoms with van der Waals surface area (Å²) in [5, 5.41) is 0. The van der Waals surface area contributed by atoms with Gasteiger partial charge >= 0.3 is 0 Å². The van der Waals surface area contributed by atoms with E-state index in [-0.39, 0.29) is 5.91 Å². The zero-order valence-electron chi connectivity index (χ0n) is 20.1. The molecule has 6 nitrogen and oxygen atoms in total. The van der Waals surface area contributed by atoms with Crippen molar-refractivity contribution in [2.75, 3.05) is 64.4 Å². The maximum absolute atomic E-state index is 12.4. The fraction of sp³-hybridized carbons (Fsp3) is 0.519. The molecule has 3 aliphatic rings. The molecule has 2 heterocycles. The first-order chi connectivity index (χ1) is 16.0. The molecule has 2 aromatic rings. The zero-order valence-corrected chi connectivity index (χ0v) is 20.1. The van der Waals surface area contributed by atoms with Gasteiger partial charge < -0.3 is 20.3 Å². The van der Waals surface area contributed by atoms with E-state index in [2.05, 4.69) is 42.0 Å². The highest BCUT2D eigenvalue weighted by molar-refractivity contribution is 5.98. The number of likely N-dealkylation sites (N-methyl/N-ethyl adjacent to an activating group) is 1. The first-order valence-electron chi connectivity index (χ1n) is 12.4. The van der Waals surface area contributed by atoms with E-state index in [0.29, 0.717) is 11.6 Å². The van der Waals surface area contributed by atoms with Crippen LogP contribution in [0.15, 0.2) is 36.4 Å². The molecule has 2 N–H and O–H groups in total. The minimum atomic E-state index is -0.334. The average Bonchev–Trinajstić information content (AvgIpc) is 2.85. The maximum atomic E-state index is 12.4. The van der Waals surface area contributed by atoms with Gasteiger partial charge in [-0.25, -0.2) is 0 Å². The molecule has 0 saturated carbocycles. The predicted molar refractivity (Wildman–Crippen MR) is 134 cm³/mol. The van der Waals surface area contributed by atoms with Crippen molar-refractivity contribution >= 4 is 17.3 Å². The van der Waals surface area contributed by atoms with Crippen LogP contribution >= 0.6 is 0 Å². The molecular formula is C27H37N4O2+. The topological polar surface area (TPSA) is 58.8 Å². The molecule has 0 spiro atoms. The molecule has 6 heteroatoms. The SMILES string of the molecule is Cc1ccc(N2CCN(C)CC2)c2c1CC[C@@H]([N+]1(c3ccccc3C(N)=O)CCOCC1)C2. The number of benzene rings is 2. The van der Waals surface area contributed by atoms with Crippen LogP contribution in [0.2, 0.25) is 0 Å². The van der Waals surface area contributed by atoms with Gasteiger partial charge in [-0.3, -0.25) is 9.28 Å². The predicted octanol–water partition coefficient (Wildman–Crippen LogP) is 2.74. The number of anilines is 1. The summed E-state index contributed by atoms with van der Waals surface area (Å²) in [7, 11) is 2.21. The number of primary amides is 1. The number of hydrogen-bond donors (Lipinski definition) is 1. The fourth-order valence-electron chi connectivity index (χ4n) is 6.33. The molecule has 1 amide bonds. The standard InChI is InChI=1S/C27H36N4O2/c1-20-7-10-25(30-13-11-29(2)12-14-30)24-19-21(8-9-22(20)24)31(15-17-33-18-16-31)26-6-4-3-5-23(26)27(28)32/h3-7,10,21H,8-9,11-19H2,1-2H3,(H-,28,32)/p+1/t21-/m1/s1. The summed E-state index contributed by atoms with van der Waals surface area (Å²) in [6.45, 7) is 9.84. The van der Waals surface area contributed by atoms with Crippen LogP contribution in [0, 0.1) is 6.92 Å². The molecule has 5 rings (SSSR count). The summed E-state index contributed by atoms with van der Waals surface area (Å²) in [4.78, 5) is 17.4. The van der Waals surface area contributed by atoms with Crippen molar-refractivity contribution in [1.82, 2.24) is 9.38 Å². The summed E-state index contributed by atoms with van der Waals surface area (Å²) in [6.07, 6.45) is 3.24. The van der Waals surface area contributed by atoms with E-state index in [1.165, 1.54) is 22.4 Å². The maximum Gasteiger partial charge on any atom is 0.254 e. The number of fused-ring (bicyclic) bond motifs is 1.